The van der Waals surface area contributed by atoms with Crippen LogP contribution >= 0.6 is 0 Å². The lowest BCUT2D eigenvalue weighted by molar-refractivity contribution is -0.121. The van der Waals surface area contributed by atoms with E-state index in [9.17, 15) is 9.18 Å². The Hall–Kier alpha value is -2.36. The number of carbonyl (C=O) groups excluding carboxylic acids is 1. The number of nitrogens with two attached hydrogens (primary N) is 1. The first-order chi connectivity index (χ1) is 9.56. The second kappa shape index (κ2) is 6.19. The van der Waals surface area contributed by atoms with Gasteiger partial charge in [0.1, 0.15) is 5.82 Å². The molecule has 3 nitrogen and oxygen atoms in total. The molecular formula is C16H17FN2O. The van der Waals surface area contributed by atoms with Crippen LogP contribution in [0.2, 0.25) is 0 Å². The summed E-state index contributed by atoms with van der Waals surface area (Å²) in [7, 11) is 0. The van der Waals surface area contributed by atoms with Crippen molar-refractivity contribution in [1.82, 2.24) is 5.32 Å². The molecule has 2 aromatic rings. The number of benzene rings is 2. The molecule has 20 heavy (non-hydrogen) atoms. The van der Waals surface area contributed by atoms with Crippen molar-refractivity contribution in [2.75, 3.05) is 5.73 Å². The number of hydrogen-bond donors (Lipinski definition) is 2. The van der Waals surface area contributed by atoms with Gasteiger partial charge >= 0.3 is 0 Å². The SMILES string of the molecule is CC(NC(=O)Cc1cccc(N)c1)c1ccccc1F. The summed E-state index contributed by atoms with van der Waals surface area (Å²) in [5.74, 6) is -0.476. The van der Waals surface area contributed by atoms with Crippen LogP contribution in [0.4, 0.5) is 10.1 Å². The van der Waals surface area contributed by atoms with Gasteiger partial charge < -0.3 is 11.1 Å². The van der Waals surface area contributed by atoms with E-state index in [1.807, 2.05) is 6.07 Å². The number of anilines is 1. The molecule has 0 bridgehead atoms. The van der Waals surface area contributed by atoms with Crippen LogP contribution in [0.1, 0.15) is 24.1 Å². The molecule has 0 aliphatic carbocycles. The Kier molecular flexibility index (Phi) is 4.35. The van der Waals surface area contributed by atoms with Gasteiger partial charge in [-0.3, -0.25) is 4.79 Å². The monoisotopic (exact) mass is 272 g/mol. The average molecular weight is 272 g/mol. The molecule has 0 aliphatic rings. The minimum Gasteiger partial charge on any atom is -0.399 e. The summed E-state index contributed by atoms with van der Waals surface area (Å²) in [6, 6.07) is 13.2. The molecule has 4 heteroatoms. The van der Waals surface area contributed by atoms with Crippen molar-refractivity contribution >= 4 is 11.6 Å². The number of rotatable bonds is 4. The summed E-state index contributed by atoms with van der Waals surface area (Å²) in [5, 5.41) is 2.79. The maximum Gasteiger partial charge on any atom is 0.224 e. The first kappa shape index (κ1) is 14.1. The second-order valence-electron chi connectivity index (χ2n) is 4.73. The summed E-state index contributed by atoms with van der Waals surface area (Å²) >= 11 is 0. The number of amides is 1. The summed E-state index contributed by atoms with van der Waals surface area (Å²) < 4.78 is 13.6. The topological polar surface area (TPSA) is 55.1 Å². The second-order valence-corrected chi connectivity index (χ2v) is 4.73. The predicted octanol–water partition coefficient (Wildman–Crippen LogP) is 2.83. The Morgan fingerprint density at radius 2 is 2.00 bits per heavy atom. The van der Waals surface area contributed by atoms with Crippen molar-refractivity contribution in [3.8, 4) is 0 Å². The number of carbonyl (C=O) groups is 1. The Morgan fingerprint density at radius 3 is 2.70 bits per heavy atom. The zero-order valence-electron chi connectivity index (χ0n) is 11.3. The van der Waals surface area contributed by atoms with Crippen molar-refractivity contribution in [3.05, 3.63) is 65.5 Å². The van der Waals surface area contributed by atoms with E-state index in [0.717, 1.165) is 5.56 Å². The predicted molar refractivity (Wildman–Crippen MR) is 77.5 cm³/mol. The highest BCUT2D eigenvalue weighted by Crippen LogP contribution is 2.16. The van der Waals surface area contributed by atoms with Gasteiger partial charge in [-0.05, 0) is 30.7 Å². The molecule has 0 aromatic heterocycles. The van der Waals surface area contributed by atoms with Crippen LogP contribution in [-0.4, -0.2) is 5.91 Å². The molecule has 1 unspecified atom stereocenters. The number of nitrogen functional groups attached to an aromatic ring is 1. The van der Waals surface area contributed by atoms with Gasteiger partial charge in [-0.2, -0.15) is 0 Å². The molecule has 104 valence electrons. The zero-order chi connectivity index (χ0) is 14.5. The number of halogens is 1. The minimum absolute atomic E-state index is 0.161. The molecule has 1 amide bonds. The number of hydrogen-bond acceptors (Lipinski definition) is 2. The summed E-state index contributed by atoms with van der Waals surface area (Å²) in [6.07, 6.45) is 0.226. The van der Waals surface area contributed by atoms with Crippen molar-refractivity contribution in [2.45, 2.75) is 19.4 Å². The van der Waals surface area contributed by atoms with Crippen molar-refractivity contribution in [2.24, 2.45) is 0 Å². The fourth-order valence-electron chi connectivity index (χ4n) is 2.09. The van der Waals surface area contributed by atoms with Crippen LogP contribution in [0.15, 0.2) is 48.5 Å². The van der Waals surface area contributed by atoms with Gasteiger partial charge in [-0.25, -0.2) is 4.39 Å². The van der Waals surface area contributed by atoms with E-state index in [1.54, 1.807) is 43.3 Å². The lowest BCUT2D eigenvalue weighted by Crippen LogP contribution is -2.28. The zero-order valence-corrected chi connectivity index (χ0v) is 11.3. The highest BCUT2D eigenvalue weighted by atomic mass is 19.1. The largest absolute Gasteiger partial charge is 0.399 e. The van der Waals surface area contributed by atoms with Crippen molar-refractivity contribution in [1.29, 1.82) is 0 Å². The van der Waals surface area contributed by atoms with Crippen LogP contribution in [0, 0.1) is 5.82 Å². The summed E-state index contributed by atoms with van der Waals surface area (Å²) in [6.45, 7) is 1.76. The van der Waals surface area contributed by atoms with Crippen LogP contribution in [0.3, 0.4) is 0 Å². The Labute approximate surface area is 117 Å². The van der Waals surface area contributed by atoms with Crippen LogP contribution in [-0.2, 0) is 11.2 Å². The fraction of sp³-hybridized carbons (Fsp3) is 0.188. The molecular weight excluding hydrogens is 255 g/mol. The molecule has 2 rings (SSSR count). The smallest absolute Gasteiger partial charge is 0.224 e. The van der Waals surface area contributed by atoms with E-state index in [-0.39, 0.29) is 24.2 Å². The van der Waals surface area contributed by atoms with E-state index in [0.29, 0.717) is 11.3 Å². The fourth-order valence-corrected chi connectivity index (χ4v) is 2.09. The third kappa shape index (κ3) is 3.57. The van der Waals surface area contributed by atoms with Gasteiger partial charge in [0.2, 0.25) is 5.91 Å². The third-order valence-corrected chi connectivity index (χ3v) is 3.06. The first-order valence-electron chi connectivity index (χ1n) is 6.44. The van der Waals surface area contributed by atoms with E-state index < -0.39 is 0 Å². The molecule has 0 fully saturated rings. The molecule has 0 saturated heterocycles. The average Bonchev–Trinajstić information content (AvgIpc) is 2.38. The van der Waals surface area contributed by atoms with Gasteiger partial charge in [0.25, 0.3) is 0 Å². The van der Waals surface area contributed by atoms with Gasteiger partial charge in [0.05, 0.1) is 12.5 Å². The van der Waals surface area contributed by atoms with E-state index in [1.165, 1.54) is 6.07 Å². The lowest BCUT2D eigenvalue weighted by Gasteiger charge is -2.15. The molecule has 0 heterocycles. The Balaban J connectivity index is 2.00. The summed E-state index contributed by atoms with van der Waals surface area (Å²) in [5.41, 5.74) is 7.60. The van der Waals surface area contributed by atoms with E-state index >= 15 is 0 Å². The molecule has 1 atom stereocenters. The minimum atomic E-state index is -0.371. The maximum atomic E-state index is 13.6. The van der Waals surface area contributed by atoms with Crippen molar-refractivity contribution in [3.63, 3.8) is 0 Å². The van der Waals surface area contributed by atoms with Gasteiger partial charge in [-0.1, -0.05) is 30.3 Å². The molecule has 0 aliphatic heterocycles. The van der Waals surface area contributed by atoms with E-state index in [4.69, 9.17) is 5.73 Å². The standard InChI is InChI=1S/C16H17FN2O/c1-11(14-7-2-3-8-15(14)17)19-16(20)10-12-5-4-6-13(18)9-12/h2-9,11H,10,18H2,1H3,(H,19,20). The first-order valence-corrected chi connectivity index (χ1v) is 6.44. The Bertz CT molecular complexity index is 613. The van der Waals surface area contributed by atoms with E-state index in [2.05, 4.69) is 5.32 Å². The van der Waals surface area contributed by atoms with Gasteiger partial charge in [-0.15, -0.1) is 0 Å². The van der Waals surface area contributed by atoms with Gasteiger partial charge in [0.15, 0.2) is 0 Å². The maximum absolute atomic E-state index is 13.6. The highest BCUT2D eigenvalue weighted by Gasteiger charge is 2.13. The molecule has 0 spiro atoms. The Morgan fingerprint density at radius 1 is 1.25 bits per heavy atom. The molecule has 3 N–H and O–H groups in total. The van der Waals surface area contributed by atoms with Crippen LogP contribution in [0.25, 0.3) is 0 Å². The third-order valence-electron chi connectivity index (χ3n) is 3.06. The van der Waals surface area contributed by atoms with Gasteiger partial charge in [0, 0.05) is 11.3 Å². The van der Waals surface area contributed by atoms with Crippen LogP contribution < -0.4 is 11.1 Å². The van der Waals surface area contributed by atoms with Crippen LogP contribution in [0.5, 0.6) is 0 Å². The molecule has 0 radical (unpaired) electrons. The molecule has 2 aromatic carbocycles. The highest BCUT2D eigenvalue weighted by molar-refractivity contribution is 5.79. The summed E-state index contributed by atoms with van der Waals surface area (Å²) in [4.78, 5) is 11.9. The normalized spacial score (nSPS) is 11.9. The lowest BCUT2D eigenvalue weighted by atomic mass is 10.1. The molecule has 0 saturated carbocycles. The quantitative estimate of drug-likeness (QED) is 0.841. The van der Waals surface area contributed by atoms with Crippen molar-refractivity contribution < 1.29 is 9.18 Å². The number of nitrogens with one attached hydrogen (secondary N) is 1.